The molecule has 2 aromatic rings. The van der Waals surface area contributed by atoms with Gasteiger partial charge in [-0.1, -0.05) is 36.2 Å². The molecule has 1 fully saturated rings. The van der Waals surface area contributed by atoms with Crippen LogP contribution in [0.5, 0.6) is 0 Å². The van der Waals surface area contributed by atoms with E-state index >= 15 is 0 Å². The number of aliphatic hydroxyl groups is 1. The van der Waals surface area contributed by atoms with Gasteiger partial charge in [0.15, 0.2) is 0 Å². The highest BCUT2D eigenvalue weighted by Gasteiger charge is 2.35. The van der Waals surface area contributed by atoms with Crippen LogP contribution in [0.15, 0.2) is 24.3 Å². The third-order valence-electron chi connectivity index (χ3n) is 6.12. The fraction of sp³-hybridized carbons (Fsp3) is 0.619. The zero-order chi connectivity index (χ0) is 18.7. The average molecular weight is 389 g/mol. The molecule has 0 atom stereocenters. The summed E-state index contributed by atoms with van der Waals surface area (Å²) in [6.07, 6.45) is 8.38. The highest BCUT2D eigenvalue weighted by molar-refractivity contribution is 6.31. The molecule has 146 valence electrons. The van der Waals surface area contributed by atoms with Crippen LogP contribution >= 0.6 is 11.6 Å². The van der Waals surface area contributed by atoms with Gasteiger partial charge in [-0.3, -0.25) is 0 Å². The first-order chi connectivity index (χ1) is 13.2. The van der Waals surface area contributed by atoms with Gasteiger partial charge in [0.1, 0.15) is 11.6 Å². The van der Waals surface area contributed by atoms with Crippen molar-refractivity contribution in [2.24, 2.45) is 0 Å². The molecule has 27 heavy (non-hydrogen) atoms. The Morgan fingerprint density at radius 1 is 1.04 bits per heavy atom. The maximum absolute atomic E-state index is 11.0. The van der Waals surface area contributed by atoms with Crippen molar-refractivity contribution < 1.29 is 5.11 Å². The number of aryl methyl sites for hydroxylation is 2. The molecule has 5 nitrogen and oxygen atoms in total. The molecule has 1 saturated heterocycles. The number of hydrogen-bond acceptors (Lipinski definition) is 4. The number of piperidine rings is 1. The summed E-state index contributed by atoms with van der Waals surface area (Å²) in [5, 5.41) is 20.5. The van der Waals surface area contributed by atoms with E-state index in [9.17, 15) is 5.11 Å². The maximum atomic E-state index is 11.0. The quantitative estimate of drug-likeness (QED) is 0.850. The van der Waals surface area contributed by atoms with Crippen LogP contribution in [-0.2, 0) is 25.0 Å². The van der Waals surface area contributed by atoms with Gasteiger partial charge in [-0.05, 0) is 44.7 Å². The lowest BCUT2D eigenvalue weighted by molar-refractivity contribution is -0.0259. The summed E-state index contributed by atoms with van der Waals surface area (Å²) in [7, 11) is 0. The number of fused-ring (bicyclic) bond motifs is 1. The van der Waals surface area contributed by atoms with E-state index < -0.39 is 5.60 Å². The highest BCUT2D eigenvalue weighted by Crippen LogP contribution is 2.36. The van der Waals surface area contributed by atoms with E-state index in [4.69, 9.17) is 11.6 Å². The lowest BCUT2D eigenvalue weighted by Gasteiger charge is -2.39. The molecular weight excluding hydrogens is 360 g/mol. The zero-order valence-corrected chi connectivity index (χ0v) is 16.7. The number of benzene rings is 1. The van der Waals surface area contributed by atoms with Gasteiger partial charge in [0.05, 0.1) is 5.60 Å². The molecule has 2 aliphatic heterocycles. The Kier molecular flexibility index (Phi) is 5.81. The number of likely N-dealkylation sites (tertiary alicyclic amines) is 1. The second-order valence-corrected chi connectivity index (χ2v) is 8.36. The smallest absolute Gasteiger partial charge is 0.133 e. The van der Waals surface area contributed by atoms with Crippen LogP contribution in [0.4, 0.5) is 0 Å². The molecule has 2 aliphatic rings. The van der Waals surface area contributed by atoms with Gasteiger partial charge in [0.2, 0.25) is 0 Å². The maximum Gasteiger partial charge on any atom is 0.133 e. The van der Waals surface area contributed by atoms with Gasteiger partial charge in [-0.15, -0.1) is 10.2 Å². The molecule has 3 heterocycles. The van der Waals surface area contributed by atoms with E-state index in [1.54, 1.807) is 0 Å². The summed E-state index contributed by atoms with van der Waals surface area (Å²) in [5.41, 5.74) is 0.0802. The Morgan fingerprint density at radius 2 is 1.85 bits per heavy atom. The molecule has 0 bridgehead atoms. The van der Waals surface area contributed by atoms with Gasteiger partial charge in [0.25, 0.3) is 0 Å². The molecule has 0 amide bonds. The SMILES string of the molecule is OC1(c2ccccc2Cl)CCN(CCCc2nnc3n2CCCCC3)CC1. The third kappa shape index (κ3) is 4.20. The van der Waals surface area contributed by atoms with Crippen molar-refractivity contribution in [1.82, 2.24) is 19.7 Å². The Labute approximate surface area is 166 Å². The van der Waals surface area contributed by atoms with Crippen LogP contribution in [-0.4, -0.2) is 44.4 Å². The van der Waals surface area contributed by atoms with Crippen molar-refractivity contribution in [2.45, 2.75) is 63.5 Å². The van der Waals surface area contributed by atoms with Crippen LogP contribution in [0.3, 0.4) is 0 Å². The lowest BCUT2D eigenvalue weighted by atomic mass is 9.84. The minimum atomic E-state index is -0.792. The third-order valence-corrected chi connectivity index (χ3v) is 6.45. The first-order valence-corrected chi connectivity index (χ1v) is 10.6. The summed E-state index contributed by atoms with van der Waals surface area (Å²) in [5.74, 6) is 2.32. The highest BCUT2D eigenvalue weighted by atomic mass is 35.5. The Balaban J connectivity index is 1.28. The van der Waals surface area contributed by atoms with Crippen LogP contribution in [0.25, 0.3) is 0 Å². The summed E-state index contributed by atoms with van der Waals surface area (Å²) >= 11 is 6.31. The minimum Gasteiger partial charge on any atom is -0.385 e. The number of rotatable bonds is 5. The summed E-state index contributed by atoms with van der Waals surface area (Å²) in [6.45, 7) is 3.92. The number of aromatic nitrogens is 3. The number of halogens is 1. The van der Waals surface area contributed by atoms with Gasteiger partial charge in [-0.2, -0.15) is 0 Å². The van der Waals surface area contributed by atoms with Gasteiger partial charge < -0.3 is 14.6 Å². The summed E-state index contributed by atoms with van der Waals surface area (Å²) in [6, 6.07) is 7.68. The molecular formula is C21H29ClN4O. The van der Waals surface area contributed by atoms with Crippen LogP contribution in [0.2, 0.25) is 5.02 Å². The fourth-order valence-corrected chi connectivity index (χ4v) is 4.76. The largest absolute Gasteiger partial charge is 0.385 e. The first-order valence-electron chi connectivity index (χ1n) is 10.3. The molecule has 0 saturated carbocycles. The molecule has 0 spiro atoms. The summed E-state index contributed by atoms with van der Waals surface area (Å²) < 4.78 is 2.35. The van der Waals surface area contributed by atoms with Crippen molar-refractivity contribution in [3.05, 3.63) is 46.5 Å². The number of hydrogen-bond donors (Lipinski definition) is 1. The van der Waals surface area contributed by atoms with Crippen molar-refractivity contribution in [3.63, 3.8) is 0 Å². The van der Waals surface area contributed by atoms with E-state index in [-0.39, 0.29) is 0 Å². The second kappa shape index (κ2) is 8.29. The Morgan fingerprint density at radius 3 is 2.67 bits per heavy atom. The van der Waals surface area contributed by atoms with E-state index in [0.717, 1.165) is 69.7 Å². The predicted molar refractivity (Wildman–Crippen MR) is 107 cm³/mol. The normalized spacial score (nSPS) is 20.2. The van der Waals surface area contributed by atoms with E-state index in [0.29, 0.717) is 5.02 Å². The average Bonchev–Trinajstić information content (AvgIpc) is 2.90. The standard InChI is InChI=1S/C21H29ClN4O/c22-18-8-4-3-7-17(18)21(27)11-15-25(16-12-21)13-6-10-20-24-23-19-9-2-1-5-14-26(19)20/h3-4,7-8,27H,1-2,5-6,9-16H2. The minimum absolute atomic E-state index is 0.668. The lowest BCUT2D eigenvalue weighted by Crippen LogP contribution is -2.43. The summed E-state index contributed by atoms with van der Waals surface area (Å²) in [4.78, 5) is 2.45. The molecule has 4 rings (SSSR count). The van der Waals surface area contributed by atoms with E-state index in [1.807, 2.05) is 24.3 Å². The molecule has 0 aliphatic carbocycles. The molecule has 1 aromatic heterocycles. The fourth-order valence-electron chi connectivity index (χ4n) is 4.45. The van der Waals surface area contributed by atoms with E-state index in [2.05, 4.69) is 19.7 Å². The van der Waals surface area contributed by atoms with Crippen LogP contribution < -0.4 is 0 Å². The van der Waals surface area contributed by atoms with Gasteiger partial charge in [-0.25, -0.2) is 0 Å². The molecule has 0 unspecified atom stereocenters. The molecule has 0 radical (unpaired) electrons. The van der Waals surface area contributed by atoms with Crippen molar-refractivity contribution in [3.8, 4) is 0 Å². The molecule has 1 aromatic carbocycles. The topological polar surface area (TPSA) is 54.2 Å². The molecule has 1 N–H and O–H groups in total. The van der Waals surface area contributed by atoms with Crippen molar-refractivity contribution >= 4 is 11.6 Å². The van der Waals surface area contributed by atoms with Crippen molar-refractivity contribution in [2.75, 3.05) is 19.6 Å². The van der Waals surface area contributed by atoms with Crippen LogP contribution in [0.1, 0.15) is 55.7 Å². The Hall–Kier alpha value is -1.43. The Bertz CT molecular complexity index is 767. The van der Waals surface area contributed by atoms with Gasteiger partial charge >= 0.3 is 0 Å². The predicted octanol–water partition coefficient (Wildman–Crippen LogP) is 3.57. The van der Waals surface area contributed by atoms with Crippen molar-refractivity contribution in [1.29, 1.82) is 0 Å². The zero-order valence-electron chi connectivity index (χ0n) is 15.9. The monoisotopic (exact) mass is 388 g/mol. The van der Waals surface area contributed by atoms with E-state index in [1.165, 1.54) is 25.1 Å². The number of nitrogens with zero attached hydrogens (tertiary/aromatic N) is 4. The van der Waals surface area contributed by atoms with Gasteiger partial charge in [0, 0.05) is 43.1 Å². The van der Waals surface area contributed by atoms with Crippen LogP contribution in [0, 0.1) is 0 Å². The molecule has 6 heteroatoms. The first kappa shape index (κ1) is 18.9. The second-order valence-electron chi connectivity index (χ2n) is 7.95.